The summed E-state index contributed by atoms with van der Waals surface area (Å²) in [5, 5.41) is 0. The summed E-state index contributed by atoms with van der Waals surface area (Å²) in [5.41, 5.74) is 0.654. The standard InChI is InChI=1S/C22H24F3NO2/c1-28-19-11-7-17(8-12-19)21(27)15-20(26-13-3-2-4-14-26)16-5-9-18(10-6-16)22(23,24)25/h5-12,20H,2-4,13-15H2,1H3. The molecule has 2 aromatic rings. The SMILES string of the molecule is COc1ccc(C(=O)CC(c2ccc(C(F)(F)F)cc2)N2CCCCC2)cc1. The first kappa shape index (κ1) is 20.4. The number of carbonyl (C=O) groups excluding carboxylic acids is 1. The van der Waals surface area contributed by atoms with Crippen molar-refractivity contribution < 1.29 is 22.7 Å². The van der Waals surface area contributed by atoms with E-state index in [4.69, 9.17) is 4.74 Å². The van der Waals surface area contributed by atoms with Crippen LogP contribution >= 0.6 is 0 Å². The third kappa shape index (κ3) is 4.93. The van der Waals surface area contributed by atoms with Crippen LogP contribution in [0.5, 0.6) is 5.75 Å². The van der Waals surface area contributed by atoms with Crippen molar-refractivity contribution in [3.05, 3.63) is 65.2 Å². The monoisotopic (exact) mass is 391 g/mol. The maximum absolute atomic E-state index is 12.9. The second kappa shape index (κ2) is 8.78. The zero-order chi connectivity index (χ0) is 20.1. The number of methoxy groups -OCH3 is 1. The van der Waals surface area contributed by atoms with Crippen molar-refractivity contribution >= 4 is 5.78 Å². The molecule has 0 aromatic heterocycles. The Morgan fingerprint density at radius 2 is 1.61 bits per heavy atom. The number of carbonyl (C=O) groups is 1. The van der Waals surface area contributed by atoms with Gasteiger partial charge in [0.1, 0.15) is 5.75 Å². The number of hydrogen-bond donors (Lipinski definition) is 0. The smallest absolute Gasteiger partial charge is 0.416 e. The minimum absolute atomic E-state index is 0.0295. The summed E-state index contributed by atoms with van der Waals surface area (Å²) < 4.78 is 43.8. The van der Waals surface area contributed by atoms with Crippen LogP contribution in [0.3, 0.4) is 0 Å². The highest BCUT2D eigenvalue weighted by molar-refractivity contribution is 5.96. The molecular weight excluding hydrogens is 367 g/mol. The van der Waals surface area contributed by atoms with Crippen LogP contribution in [0.25, 0.3) is 0 Å². The lowest BCUT2D eigenvalue weighted by atomic mass is 9.94. The highest BCUT2D eigenvalue weighted by Gasteiger charge is 2.31. The second-order valence-electron chi connectivity index (χ2n) is 7.09. The molecule has 0 aliphatic carbocycles. The first-order valence-electron chi connectivity index (χ1n) is 9.47. The summed E-state index contributed by atoms with van der Waals surface area (Å²) in [6, 6.07) is 11.9. The van der Waals surface area contributed by atoms with Crippen LogP contribution in [-0.2, 0) is 6.18 Å². The van der Waals surface area contributed by atoms with Gasteiger partial charge in [-0.25, -0.2) is 0 Å². The Morgan fingerprint density at radius 3 is 2.14 bits per heavy atom. The van der Waals surface area contributed by atoms with E-state index in [1.54, 1.807) is 31.4 Å². The van der Waals surface area contributed by atoms with Gasteiger partial charge in [-0.15, -0.1) is 0 Å². The molecule has 2 aromatic carbocycles. The molecule has 1 fully saturated rings. The molecule has 1 aliphatic rings. The molecule has 1 heterocycles. The quantitative estimate of drug-likeness (QED) is 0.608. The Kier molecular flexibility index (Phi) is 6.39. The first-order valence-corrected chi connectivity index (χ1v) is 9.47. The number of rotatable bonds is 6. The minimum Gasteiger partial charge on any atom is -0.497 e. The number of ketones is 1. The van der Waals surface area contributed by atoms with Gasteiger partial charge in [-0.05, 0) is 67.9 Å². The fraction of sp³-hybridized carbons (Fsp3) is 0.409. The number of ether oxygens (including phenoxy) is 1. The van der Waals surface area contributed by atoms with Gasteiger partial charge in [0, 0.05) is 18.0 Å². The van der Waals surface area contributed by atoms with Crippen molar-refractivity contribution in [3.63, 3.8) is 0 Å². The third-order valence-corrected chi connectivity index (χ3v) is 5.24. The summed E-state index contributed by atoms with van der Waals surface area (Å²) in [5.74, 6) is 0.644. The average molecular weight is 391 g/mol. The molecule has 0 spiro atoms. The number of alkyl halides is 3. The Hall–Kier alpha value is -2.34. The number of Topliss-reactive ketones (excluding diaryl/α,β-unsaturated/α-hetero) is 1. The van der Waals surface area contributed by atoms with Crippen LogP contribution in [0.4, 0.5) is 13.2 Å². The van der Waals surface area contributed by atoms with E-state index in [-0.39, 0.29) is 18.2 Å². The first-order chi connectivity index (χ1) is 13.4. The van der Waals surface area contributed by atoms with Crippen molar-refractivity contribution in [3.8, 4) is 5.75 Å². The molecule has 1 unspecified atom stereocenters. The summed E-state index contributed by atoms with van der Waals surface area (Å²) in [6.45, 7) is 1.70. The Balaban J connectivity index is 1.83. The predicted octanol–water partition coefficient (Wildman–Crippen LogP) is 5.51. The molecule has 0 N–H and O–H groups in total. The molecule has 6 heteroatoms. The van der Waals surface area contributed by atoms with Crippen molar-refractivity contribution in [2.75, 3.05) is 20.2 Å². The van der Waals surface area contributed by atoms with Crippen LogP contribution in [0, 0.1) is 0 Å². The van der Waals surface area contributed by atoms with Crippen molar-refractivity contribution in [1.82, 2.24) is 4.90 Å². The van der Waals surface area contributed by atoms with E-state index in [9.17, 15) is 18.0 Å². The molecule has 0 saturated carbocycles. The zero-order valence-electron chi connectivity index (χ0n) is 15.8. The molecular formula is C22H24F3NO2. The summed E-state index contributed by atoms with van der Waals surface area (Å²) >= 11 is 0. The number of hydrogen-bond acceptors (Lipinski definition) is 3. The molecule has 0 radical (unpaired) electrons. The van der Waals surface area contributed by atoms with E-state index >= 15 is 0 Å². The number of piperidine rings is 1. The van der Waals surface area contributed by atoms with Gasteiger partial charge in [0.25, 0.3) is 0 Å². The average Bonchev–Trinajstić information content (AvgIpc) is 2.72. The molecule has 3 rings (SSSR count). The van der Waals surface area contributed by atoms with E-state index in [1.165, 1.54) is 12.1 Å². The maximum Gasteiger partial charge on any atom is 0.416 e. The zero-order valence-corrected chi connectivity index (χ0v) is 15.8. The van der Waals surface area contributed by atoms with Gasteiger partial charge in [-0.3, -0.25) is 9.69 Å². The Morgan fingerprint density at radius 1 is 1.00 bits per heavy atom. The second-order valence-corrected chi connectivity index (χ2v) is 7.09. The maximum atomic E-state index is 12.9. The normalized spacial score (nSPS) is 16.6. The Labute approximate surface area is 163 Å². The third-order valence-electron chi connectivity index (χ3n) is 5.24. The highest BCUT2D eigenvalue weighted by atomic mass is 19.4. The molecule has 1 saturated heterocycles. The molecule has 0 bridgehead atoms. The summed E-state index contributed by atoms with van der Waals surface area (Å²) in [7, 11) is 1.56. The van der Waals surface area contributed by atoms with Gasteiger partial charge in [-0.2, -0.15) is 13.2 Å². The largest absolute Gasteiger partial charge is 0.497 e. The fourth-order valence-corrected chi connectivity index (χ4v) is 3.65. The van der Waals surface area contributed by atoms with E-state index in [1.807, 2.05) is 0 Å². The van der Waals surface area contributed by atoms with E-state index in [0.29, 0.717) is 11.3 Å². The van der Waals surface area contributed by atoms with Crippen LogP contribution in [0.2, 0.25) is 0 Å². The van der Waals surface area contributed by atoms with E-state index in [0.717, 1.165) is 50.0 Å². The molecule has 1 aliphatic heterocycles. The van der Waals surface area contributed by atoms with Gasteiger partial charge in [0.15, 0.2) is 5.78 Å². The Bertz CT molecular complexity index is 779. The van der Waals surface area contributed by atoms with Crippen molar-refractivity contribution in [2.45, 2.75) is 37.9 Å². The van der Waals surface area contributed by atoms with Gasteiger partial charge < -0.3 is 4.74 Å². The van der Waals surface area contributed by atoms with Crippen LogP contribution in [0.15, 0.2) is 48.5 Å². The van der Waals surface area contributed by atoms with Crippen molar-refractivity contribution in [1.29, 1.82) is 0 Å². The summed E-state index contributed by atoms with van der Waals surface area (Å²) in [4.78, 5) is 15.1. The molecule has 1 atom stereocenters. The van der Waals surface area contributed by atoms with E-state index < -0.39 is 11.7 Å². The van der Waals surface area contributed by atoms with Gasteiger partial charge in [-0.1, -0.05) is 18.6 Å². The van der Waals surface area contributed by atoms with Crippen molar-refractivity contribution in [2.24, 2.45) is 0 Å². The number of nitrogens with zero attached hydrogens (tertiary/aromatic N) is 1. The predicted molar refractivity (Wildman–Crippen MR) is 102 cm³/mol. The highest BCUT2D eigenvalue weighted by Crippen LogP contribution is 2.33. The molecule has 0 amide bonds. The molecule has 150 valence electrons. The van der Waals surface area contributed by atoms with Gasteiger partial charge in [0.05, 0.1) is 12.7 Å². The molecule has 28 heavy (non-hydrogen) atoms. The summed E-state index contributed by atoms with van der Waals surface area (Å²) in [6.07, 6.45) is -0.917. The number of halogens is 3. The van der Waals surface area contributed by atoms with Crippen LogP contribution in [-0.4, -0.2) is 30.9 Å². The van der Waals surface area contributed by atoms with Gasteiger partial charge in [0.2, 0.25) is 0 Å². The lowest BCUT2D eigenvalue weighted by Crippen LogP contribution is -2.35. The van der Waals surface area contributed by atoms with Crippen LogP contribution in [0.1, 0.15) is 53.2 Å². The minimum atomic E-state index is -4.36. The molecule has 3 nitrogen and oxygen atoms in total. The van der Waals surface area contributed by atoms with Gasteiger partial charge >= 0.3 is 6.18 Å². The van der Waals surface area contributed by atoms with Crippen LogP contribution < -0.4 is 4.74 Å². The van der Waals surface area contributed by atoms with E-state index in [2.05, 4.69) is 4.90 Å². The topological polar surface area (TPSA) is 29.5 Å². The lowest BCUT2D eigenvalue weighted by molar-refractivity contribution is -0.137. The lowest BCUT2D eigenvalue weighted by Gasteiger charge is -2.34. The number of benzene rings is 2. The number of likely N-dealkylation sites (tertiary alicyclic amines) is 1. The fourth-order valence-electron chi connectivity index (χ4n) is 3.65.